The Labute approximate surface area is 97.4 Å². The zero-order chi connectivity index (χ0) is 11.5. The van der Waals surface area contributed by atoms with Crippen LogP contribution >= 0.6 is 0 Å². The van der Waals surface area contributed by atoms with Crippen LogP contribution in [0, 0.1) is 0 Å². The molecule has 0 atom stereocenters. The van der Waals surface area contributed by atoms with Gasteiger partial charge in [0.05, 0.1) is 5.69 Å². The molecule has 0 aliphatic carbocycles. The molecule has 2 heterocycles. The van der Waals surface area contributed by atoms with Crippen molar-refractivity contribution in [3.8, 4) is 0 Å². The van der Waals surface area contributed by atoms with Crippen LogP contribution < -0.4 is 5.73 Å². The highest BCUT2D eigenvalue weighted by Gasteiger charge is 2.17. The average molecular weight is 222 g/mol. The lowest BCUT2D eigenvalue weighted by Gasteiger charge is -2.29. The van der Waals surface area contributed by atoms with E-state index in [4.69, 9.17) is 5.73 Å². The van der Waals surface area contributed by atoms with Gasteiger partial charge < -0.3 is 5.73 Å². The third-order valence-electron chi connectivity index (χ3n) is 3.35. The molecule has 0 bridgehead atoms. The zero-order valence-corrected chi connectivity index (χ0v) is 10.3. The summed E-state index contributed by atoms with van der Waals surface area (Å²) in [6, 6.07) is 0.413. The minimum atomic E-state index is 0.413. The first kappa shape index (κ1) is 11.6. The number of aromatic nitrogens is 2. The van der Waals surface area contributed by atoms with Gasteiger partial charge in [-0.2, -0.15) is 5.10 Å². The van der Waals surface area contributed by atoms with Crippen LogP contribution in [0.15, 0.2) is 6.20 Å². The summed E-state index contributed by atoms with van der Waals surface area (Å²) in [5.74, 6) is 0. The Hall–Kier alpha value is -0.870. The lowest BCUT2D eigenvalue weighted by atomic mass is 10.1. The van der Waals surface area contributed by atoms with E-state index in [1.54, 1.807) is 0 Å². The van der Waals surface area contributed by atoms with Gasteiger partial charge in [0, 0.05) is 31.4 Å². The number of hydrogen-bond donors (Lipinski definition) is 1. The van der Waals surface area contributed by atoms with Crippen LogP contribution in [0.2, 0.25) is 0 Å². The SMILES string of the molecule is CCc1nn(C)cc1CN1CCC(N)CC1. The number of hydrogen-bond acceptors (Lipinski definition) is 3. The molecule has 1 fully saturated rings. The summed E-state index contributed by atoms with van der Waals surface area (Å²) >= 11 is 0. The third-order valence-corrected chi connectivity index (χ3v) is 3.35. The summed E-state index contributed by atoms with van der Waals surface area (Å²) in [6.07, 6.45) is 5.42. The predicted molar refractivity (Wildman–Crippen MR) is 65.1 cm³/mol. The lowest BCUT2D eigenvalue weighted by Crippen LogP contribution is -2.39. The molecule has 90 valence electrons. The van der Waals surface area contributed by atoms with Crippen molar-refractivity contribution in [2.75, 3.05) is 13.1 Å². The fourth-order valence-corrected chi connectivity index (χ4v) is 2.37. The third kappa shape index (κ3) is 2.62. The molecule has 16 heavy (non-hydrogen) atoms. The van der Waals surface area contributed by atoms with Crippen LogP contribution in [-0.2, 0) is 20.0 Å². The van der Waals surface area contributed by atoms with Crippen LogP contribution in [0.5, 0.6) is 0 Å². The van der Waals surface area contributed by atoms with Crippen molar-refractivity contribution in [3.05, 3.63) is 17.5 Å². The van der Waals surface area contributed by atoms with Crippen LogP contribution in [0.4, 0.5) is 0 Å². The molecule has 1 aromatic rings. The van der Waals surface area contributed by atoms with E-state index in [0.717, 1.165) is 38.9 Å². The Morgan fingerprint density at radius 3 is 2.75 bits per heavy atom. The maximum absolute atomic E-state index is 5.91. The molecule has 0 aromatic carbocycles. The number of aryl methyl sites for hydroxylation is 2. The van der Waals surface area contributed by atoms with E-state index < -0.39 is 0 Å². The number of likely N-dealkylation sites (tertiary alicyclic amines) is 1. The van der Waals surface area contributed by atoms with Crippen molar-refractivity contribution in [1.29, 1.82) is 0 Å². The van der Waals surface area contributed by atoms with E-state index >= 15 is 0 Å². The number of nitrogens with two attached hydrogens (primary N) is 1. The Bertz CT molecular complexity index is 337. The van der Waals surface area contributed by atoms with Gasteiger partial charge >= 0.3 is 0 Å². The monoisotopic (exact) mass is 222 g/mol. The topological polar surface area (TPSA) is 47.1 Å². The highest BCUT2D eigenvalue weighted by molar-refractivity contribution is 5.16. The van der Waals surface area contributed by atoms with Gasteiger partial charge in [0.25, 0.3) is 0 Å². The lowest BCUT2D eigenvalue weighted by molar-refractivity contribution is 0.205. The van der Waals surface area contributed by atoms with Gasteiger partial charge in [0.2, 0.25) is 0 Å². The van der Waals surface area contributed by atoms with E-state index in [-0.39, 0.29) is 0 Å². The standard InChI is InChI=1S/C12H22N4/c1-3-12-10(8-15(2)14-12)9-16-6-4-11(13)5-7-16/h8,11H,3-7,9,13H2,1-2H3. The van der Waals surface area contributed by atoms with E-state index in [1.165, 1.54) is 11.3 Å². The highest BCUT2D eigenvalue weighted by Crippen LogP contribution is 2.15. The van der Waals surface area contributed by atoms with Gasteiger partial charge in [0.1, 0.15) is 0 Å². The van der Waals surface area contributed by atoms with Crippen molar-refractivity contribution >= 4 is 0 Å². The maximum atomic E-state index is 5.91. The molecular weight excluding hydrogens is 200 g/mol. The number of nitrogens with zero attached hydrogens (tertiary/aromatic N) is 3. The quantitative estimate of drug-likeness (QED) is 0.827. The van der Waals surface area contributed by atoms with Crippen LogP contribution in [0.25, 0.3) is 0 Å². The smallest absolute Gasteiger partial charge is 0.0666 e. The van der Waals surface area contributed by atoms with Gasteiger partial charge in [-0.05, 0) is 32.4 Å². The van der Waals surface area contributed by atoms with E-state index in [1.807, 2.05) is 11.7 Å². The summed E-state index contributed by atoms with van der Waals surface area (Å²) < 4.78 is 1.92. The van der Waals surface area contributed by atoms with E-state index in [9.17, 15) is 0 Å². The Morgan fingerprint density at radius 1 is 1.44 bits per heavy atom. The predicted octanol–water partition coefficient (Wildman–Crippen LogP) is 0.906. The molecule has 2 N–H and O–H groups in total. The van der Waals surface area contributed by atoms with Crippen LogP contribution in [-0.4, -0.2) is 33.8 Å². The van der Waals surface area contributed by atoms with Crippen molar-refractivity contribution in [2.24, 2.45) is 12.8 Å². The molecule has 1 aliphatic rings. The second kappa shape index (κ2) is 4.97. The summed E-state index contributed by atoms with van der Waals surface area (Å²) in [5.41, 5.74) is 8.52. The molecule has 0 amide bonds. The molecule has 0 radical (unpaired) electrons. The Balaban J connectivity index is 1.97. The van der Waals surface area contributed by atoms with E-state index in [0.29, 0.717) is 6.04 Å². The fourth-order valence-electron chi connectivity index (χ4n) is 2.37. The molecule has 4 heteroatoms. The van der Waals surface area contributed by atoms with Crippen LogP contribution in [0.1, 0.15) is 31.0 Å². The summed E-state index contributed by atoms with van der Waals surface area (Å²) in [6.45, 7) is 5.44. The van der Waals surface area contributed by atoms with Gasteiger partial charge in [-0.15, -0.1) is 0 Å². The minimum absolute atomic E-state index is 0.413. The number of piperidine rings is 1. The first-order valence-corrected chi connectivity index (χ1v) is 6.18. The summed E-state index contributed by atoms with van der Waals surface area (Å²) in [5, 5.41) is 4.47. The van der Waals surface area contributed by atoms with Crippen molar-refractivity contribution < 1.29 is 0 Å². The van der Waals surface area contributed by atoms with E-state index in [2.05, 4.69) is 23.1 Å². The maximum Gasteiger partial charge on any atom is 0.0666 e. The van der Waals surface area contributed by atoms with Gasteiger partial charge in [0.15, 0.2) is 0 Å². The second-order valence-corrected chi connectivity index (χ2v) is 4.74. The summed E-state index contributed by atoms with van der Waals surface area (Å²) in [7, 11) is 1.99. The Kier molecular flexibility index (Phi) is 3.61. The van der Waals surface area contributed by atoms with Gasteiger partial charge in [-0.1, -0.05) is 6.92 Å². The Morgan fingerprint density at radius 2 is 2.12 bits per heavy atom. The molecule has 4 nitrogen and oxygen atoms in total. The second-order valence-electron chi connectivity index (χ2n) is 4.74. The average Bonchev–Trinajstić information content (AvgIpc) is 2.62. The minimum Gasteiger partial charge on any atom is -0.328 e. The highest BCUT2D eigenvalue weighted by atomic mass is 15.3. The molecule has 2 rings (SSSR count). The fraction of sp³-hybridized carbons (Fsp3) is 0.750. The van der Waals surface area contributed by atoms with Gasteiger partial charge in [-0.3, -0.25) is 9.58 Å². The molecule has 0 unspecified atom stereocenters. The van der Waals surface area contributed by atoms with Crippen LogP contribution in [0.3, 0.4) is 0 Å². The van der Waals surface area contributed by atoms with Crippen molar-refractivity contribution in [2.45, 2.75) is 38.8 Å². The molecular formula is C12H22N4. The molecule has 1 aliphatic heterocycles. The largest absolute Gasteiger partial charge is 0.328 e. The molecule has 1 saturated heterocycles. The first-order valence-electron chi connectivity index (χ1n) is 6.18. The van der Waals surface area contributed by atoms with Gasteiger partial charge in [-0.25, -0.2) is 0 Å². The number of rotatable bonds is 3. The van der Waals surface area contributed by atoms with Crippen molar-refractivity contribution in [3.63, 3.8) is 0 Å². The molecule has 1 aromatic heterocycles. The van der Waals surface area contributed by atoms with Crippen molar-refractivity contribution in [1.82, 2.24) is 14.7 Å². The molecule has 0 saturated carbocycles. The summed E-state index contributed by atoms with van der Waals surface area (Å²) in [4.78, 5) is 2.49. The zero-order valence-electron chi connectivity index (χ0n) is 10.3. The molecule has 0 spiro atoms. The first-order chi connectivity index (χ1) is 7.69. The normalized spacial score (nSPS) is 19.2.